The number of nitrogens with zero attached hydrogens (tertiary/aromatic N) is 1. The molecule has 7 rings (SSSR count). The minimum Gasteiger partial charge on any atom is -0.454 e. The van der Waals surface area contributed by atoms with Gasteiger partial charge in [-0.25, -0.2) is 13.4 Å². The first-order valence-electron chi connectivity index (χ1n) is 10.5. The van der Waals surface area contributed by atoms with Crippen molar-refractivity contribution in [2.24, 2.45) is 0 Å². The molecule has 0 aliphatic heterocycles. The van der Waals surface area contributed by atoms with Gasteiger partial charge in [-0.05, 0) is 56.4 Å². The second kappa shape index (κ2) is 6.46. The van der Waals surface area contributed by atoms with E-state index in [9.17, 15) is 13.2 Å². The van der Waals surface area contributed by atoms with Gasteiger partial charge >= 0.3 is 0 Å². The Hall–Kier alpha value is -2.16. The second-order valence-corrected chi connectivity index (χ2v) is 13.1. The molecule has 166 valence electrons. The van der Waals surface area contributed by atoms with Crippen LogP contribution >= 0.6 is 22.9 Å². The zero-order valence-electron chi connectivity index (χ0n) is 17.4. The number of carbonyl (C=O) groups excluding carboxylic acids is 1. The van der Waals surface area contributed by atoms with Gasteiger partial charge in [0.25, 0.3) is 5.91 Å². The van der Waals surface area contributed by atoms with Crippen LogP contribution in [0.1, 0.15) is 54.1 Å². The Kier molecular flexibility index (Phi) is 4.13. The maximum Gasteiger partial charge on any atom is 0.287 e. The van der Waals surface area contributed by atoms with Crippen LogP contribution in [0.3, 0.4) is 0 Å². The highest BCUT2D eigenvalue weighted by molar-refractivity contribution is 7.91. The molecule has 4 fully saturated rings. The van der Waals surface area contributed by atoms with E-state index in [2.05, 4.69) is 10.7 Å². The summed E-state index contributed by atoms with van der Waals surface area (Å²) in [5, 5.41) is 6.91. The molecule has 0 atom stereocenters. The number of rotatable bonds is 6. The number of furan rings is 1. The third kappa shape index (κ3) is 2.92. The van der Waals surface area contributed by atoms with Crippen LogP contribution in [0.5, 0.6) is 0 Å². The van der Waals surface area contributed by atoms with Gasteiger partial charge in [0.2, 0.25) is 0 Å². The van der Waals surface area contributed by atoms with Gasteiger partial charge in [0.15, 0.2) is 15.6 Å². The van der Waals surface area contributed by atoms with Gasteiger partial charge in [0.05, 0.1) is 5.69 Å². The van der Waals surface area contributed by atoms with Gasteiger partial charge in [-0.3, -0.25) is 4.79 Å². The smallest absolute Gasteiger partial charge is 0.287 e. The Morgan fingerprint density at radius 3 is 2.44 bits per heavy atom. The van der Waals surface area contributed by atoms with Gasteiger partial charge in [0.1, 0.15) is 15.5 Å². The number of amides is 1. The summed E-state index contributed by atoms with van der Waals surface area (Å²) in [7, 11) is -3.27. The normalized spacial score (nSPS) is 27.3. The summed E-state index contributed by atoms with van der Waals surface area (Å²) >= 11 is 7.60. The lowest BCUT2D eigenvalue weighted by atomic mass is 9.38. The van der Waals surface area contributed by atoms with E-state index in [0.717, 1.165) is 35.5 Å². The monoisotopic (exact) mass is 488 g/mol. The predicted molar refractivity (Wildman–Crippen MR) is 123 cm³/mol. The van der Waals surface area contributed by atoms with Gasteiger partial charge in [-0.2, -0.15) is 0 Å². The van der Waals surface area contributed by atoms with Crippen LogP contribution < -0.4 is 5.32 Å². The summed E-state index contributed by atoms with van der Waals surface area (Å²) in [5.74, 6) is 0.262. The van der Waals surface area contributed by atoms with Crippen LogP contribution in [0.2, 0.25) is 5.02 Å². The number of aromatic nitrogens is 1. The zero-order valence-corrected chi connectivity index (χ0v) is 19.7. The largest absolute Gasteiger partial charge is 0.454 e. The lowest BCUT2D eigenvalue weighted by Crippen LogP contribution is -2.76. The van der Waals surface area contributed by atoms with Crippen molar-refractivity contribution in [3.05, 3.63) is 64.0 Å². The van der Waals surface area contributed by atoms with E-state index in [1.807, 2.05) is 24.3 Å². The van der Waals surface area contributed by atoms with Crippen LogP contribution in [0.4, 0.5) is 0 Å². The van der Waals surface area contributed by atoms with Crippen LogP contribution in [0.15, 0.2) is 46.2 Å². The maximum atomic E-state index is 12.8. The summed E-state index contributed by atoms with van der Waals surface area (Å²) in [6.45, 7) is 0. The average Bonchev–Trinajstić information content (AvgIpc) is 3.14. The molecule has 0 radical (unpaired) electrons. The summed E-state index contributed by atoms with van der Waals surface area (Å²) in [4.78, 5) is 17.6. The molecule has 3 aromatic rings. The van der Waals surface area contributed by atoms with Crippen LogP contribution in [-0.4, -0.2) is 31.1 Å². The first-order valence-corrected chi connectivity index (χ1v) is 13.6. The van der Waals surface area contributed by atoms with Crippen molar-refractivity contribution in [2.75, 3.05) is 6.26 Å². The number of benzene rings is 1. The number of hydrogen-bond donors (Lipinski definition) is 1. The molecule has 1 aromatic carbocycles. The molecule has 0 unspecified atom stereocenters. The van der Waals surface area contributed by atoms with E-state index >= 15 is 0 Å². The Labute approximate surface area is 194 Å². The van der Waals surface area contributed by atoms with Crippen molar-refractivity contribution in [3.8, 4) is 10.6 Å². The number of halogens is 1. The molecule has 0 saturated heterocycles. The second-order valence-electron chi connectivity index (χ2n) is 9.52. The summed E-state index contributed by atoms with van der Waals surface area (Å²) in [5.41, 5.74) is 1.96. The Bertz CT molecular complexity index is 1330. The molecule has 2 aromatic heterocycles. The van der Waals surface area contributed by atoms with Gasteiger partial charge < -0.3 is 9.73 Å². The Morgan fingerprint density at radius 2 is 1.81 bits per heavy atom. The standard InChI is InChI=1S/C23H21ClN2O4S2/c1-32(28,29)23(8-9-23)18-7-6-16(30-18)19(27)26-22-11-21(12-22,13-22)17-10-31-20(25-17)14-2-4-15(24)5-3-14/h2-7,10H,8-9,11-13H2,1H3,(H,26,27). The molecule has 4 saturated carbocycles. The first-order chi connectivity index (χ1) is 15.1. The molecule has 32 heavy (non-hydrogen) atoms. The van der Waals surface area contributed by atoms with Crippen molar-refractivity contribution in [3.63, 3.8) is 0 Å². The van der Waals surface area contributed by atoms with Crippen LogP contribution in [0.25, 0.3) is 10.6 Å². The molecule has 6 nitrogen and oxygen atoms in total. The van der Waals surface area contributed by atoms with Crippen molar-refractivity contribution in [1.29, 1.82) is 0 Å². The fraction of sp³-hybridized carbons (Fsp3) is 0.391. The quantitative estimate of drug-likeness (QED) is 0.543. The van der Waals surface area contributed by atoms with Gasteiger partial charge in [0, 0.05) is 33.2 Å². The predicted octanol–water partition coefficient (Wildman–Crippen LogP) is 4.69. The average molecular weight is 489 g/mol. The van der Waals surface area contributed by atoms with Crippen molar-refractivity contribution >= 4 is 38.7 Å². The molecule has 2 heterocycles. The fourth-order valence-corrected chi connectivity index (χ4v) is 7.75. The first kappa shape index (κ1) is 20.4. The van der Waals surface area contributed by atoms with Crippen molar-refractivity contribution in [2.45, 2.75) is 47.8 Å². The molecule has 1 N–H and O–H groups in total. The Balaban J connectivity index is 1.12. The maximum absolute atomic E-state index is 12.8. The van der Waals surface area contributed by atoms with E-state index < -0.39 is 14.6 Å². The molecular weight excluding hydrogens is 468 g/mol. The zero-order chi connectivity index (χ0) is 22.4. The number of sulfone groups is 1. The summed E-state index contributed by atoms with van der Waals surface area (Å²) in [6, 6.07) is 10.9. The molecule has 4 aliphatic rings. The minimum atomic E-state index is -3.27. The van der Waals surface area contributed by atoms with Crippen LogP contribution in [0, 0.1) is 0 Å². The third-order valence-corrected chi connectivity index (χ3v) is 10.4. The SMILES string of the molecule is CS(=O)(=O)C1(c2ccc(C(=O)NC34CC(c5csc(-c6ccc(Cl)cc6)n5)(C3)C4)o2)CC1. The van der Waals surface area contributed by atoms with Crippen molar-refractivity contribution < 1.29 is 17.6 Å². The number of hydrogen-bond acceptors (Lipinski definition) is 6. The highest BCUT2D eigenvalue weighted by Gasteiger charge is 2.70. The topological polar surface area (TPSA) is 89.3 Å². The number of thiazole rings is 1. The molecule has 2 bridgehead atoms. The molecular formula is C23H21ClN2O4S2. The van der Waals surface area contributed by atoms with E-state index in [1.54, 1.807) is 23.5 Å². The molecule has 4 aliphatic carbocycles. The minimum absolute atomic E-state index is 0.0388. The number of nitrogens with one attached hydrogen (secondary N) is 1. The van der Waals surface area contributed by atoms with Crippen molar-refractivity contribution in [1.82, 2.24) is 10.3 Å². The van der Waals surface area contributed by atoms with Gasteiger partial charge in [-0.1, -0.05) is 23.7 Å². The lowest BCUT2D eigenvalue weighted by Gasteiger charge is -2.69. The molecule has 0 spiro atoms. The van der Waals surface area contributed by atoms with Gasteiger partial charge in [-0.15, -0.1) is 11.3 Å². The highest BCUT2D eigenvalue weighted by atomic mass is 35.5. The number of carbonyl (C=O) groups is 1. The highest BCUT2D eigenvalue weighted by Crippen LogP contribution is 2.68. The van der Waals surface area contributed by atoms with E-state index in [4.69, 9.17) is 21.0 Å². The molecule has 9 heteroatoms. The molecule has 1 amide bonds. The summed E-state index contributed by atoms with van der Waals surface area (Å²) < 4.78 is 28.9. The lowest BCUT2D eigenvalue weighted by molar-refractivity contribution is -0.0834. The van der Waals surface area contributed by atoms with E-state index in [-0.39, 0.29) is 22.6 Å². The summed E-state index contributed by atoms with van der Waals surface area (Å²) in [6.07, 6.45) is 4.88. The van der Waals surface area contributed by atoms with E-state index in [1.165, 1.54) is 6.26 Å². The Morgan fingerprint density at radius 1 is 1.12 bits per heavy atom. The van der Waals surface area contributed by atoms with Crippen LogP contribution in [-0.2, 0) is 20.0 Å². The van der Waals surface area contributed by atoms with E-state index in [0.29, 0.717) is 23.6 Å². The fourth-order valence-electron chi connectivity index (χ4n) is 5.36. The third-order valence-electron chi connectivity index (χ3n) is 7.24.